The van der Waals surface area contributed by atoms with E-state index in [1.807, 2.05) is 0 Å². The fourth-order valence-corrected chi connectivity index (χ4v) is 2.98. The Morgan fingerprint density at radius 3 is 2.81 bits per heavy atom. The minimum absolute atomic E-state index is 0.0448. The van der Waals surface area contributed by atoms with Crippen molar-refractivity contribution in [3.63, 3.8) is 0 Å². The van der Waals surface area contributed by atoms with Gasteiger partial charge in [-0.25, -0.2) is 14.2 Å². The van der Waals surface area contributed by atoms with Crippen LogP contribution in [-0.2, 0) is 0 Å². The van der Waals surface area contributed by atoms with E-state index in [1.165, 1.54) is 24.4 Å². The number of carboxylic acids is 1. The Bertz CT molecular complexity index is 741. The fraction of sp³-hybridized carbons (Fsp3) is 0. The number of nitrogens with zero attached hydrogens (tertiary/aromatic N) is 2. The molecule has 0 bridgehead atoms. The third kappa shape index (κ3) is 3.37. The van der Waals surface area contributed by atoms with Crippen LogP contribution in [0.3, 0.4) is 0 Å². The molecule has 0 aliphatic rings. The van der Waals surface area contributed by atoms with Gasteiger partial charge in [0.25, 0.3) is 5.69 Å². The van der Waals surface area contributed by atoms with Gasteiger partial charge >= 0.3 is 5.97 Å². The van der Waals surface area contributed by atoms with Crippen molar-refractivity contribution >= 4 is 39.3 Å². The summed E-state index contributed by atoms with van der Waals surface area (Å²) in [5.41, 5.74) is -0.542. The molecule has 0 atom stereocenters. The van der Waals surface area contributed by atoms with Crippen molar-refractivity contribution in [2.75, 3.05) is 0 Å². The summed E-state index contributed by atoms with van der Waals surface area (Å²) < 4.78 is 13.4. The van der Waals surface area contributed by atoms with Gasteiger partial charge in [0.15, 0.2) is 0 Å². The van der Waals surface area contributed by atoms with E-state index in [-0.39, 0.29) is 20.0 Å². The number of aromatic nitrogens is 1. The Balaban J connectivity index is 2.52. The number of carboxylic acid groups (broad SMARTS) is 1. The summed E-state index contributed by atoms with van der Waals surface area (Å²) in [6, 6.07) is 4.78. The second-order valence-electron chi connectivity index (χ2n) is 3.75. The lowest BCUT2D eigenvalue weighted by atomic mass is 10.3. The van der Waals surface area contributed by atoms with Gasteiger partial charge in [-0.2, -0.15) is 0 Å². The molecule has 0 aliphatic heterocycles. The van der Waals surface area contributed by atoms with Crippen LogP contribution in [-0.4, -0.2) is 21.0 Å². The molecule has 0 saturated heterocycles. The molecule has 0 aliphatic carbocycles. The van der Waals surface area contributed by atoms with Crippen LogP contribution in [0.2, 0.25) is 0 Å². The number of aromatic carboxylic acids is 1. The Morgan fingerprint density at radius 1 is 1.48 bits per heavy atom. The summed E-state index contributed by atoms with van der Waals surface area (Å²) in [4.78, 5) is 25.3. The number of nitro groups is 1. The number of hydrogen-bond donors (Lipinski definition) is 1. The zero-order valence-corrected chi connectivity index (χ0v) is 12.5. The molecule has 2 aromatic rings. The van der Waals surface area contributed by atoms with Gasteiger partial charge in [0.05, 0.1) is 25.9 Å². The van der Waals surface area contributed by atoms with Crippen molar-refractivity contribution < 1.29 is 19.2 Å². The van der Waals surface area contributed by atoms with Crippen molar-refractivity contribution in [3.8, 4) is 0 Å². The monoisotopic (exact) mass is 372 g/mol. The lowest BCUT2D eigenvalue weighted by Crippen LogP contribution is -2.01. The molecule has 1 aromatic heterocycles. The molecule has 1 aromatic carbocycles. The van der Waals surface area contributed by atoms with Crippen LogP contribution in [0.1, 0.15) is 10.4 Å². The van der Waals surface area contributed by atoms with E-state index in [0.29, 0.717) is 0 Å². The van der Waals surface area contributed by atoms with E-state index >= 15 is 0 Å². The molecule has 2 rings (SSSR count). The zero-order chi connectivity index (χ0) is 15.6. The lowest BCUT2D eigenvalue weighted by Gasteiger charge is -2.06. The quantitative estimate of drug-likeness (QED) is 0.648. The van der Waals surface area contributed by atoms with Crippen LogP contribution in [0.5, 0.6) is 0 Å². The summed E-state index contributed by atoms with van der Waals surface area (Å²) >= 11 is 3.73. The smallest absolute Gasteiger partial charge is 0.338 e. The van der Waals surface area contributed by atoms with Gasteiger partial charge in [0, 0.05) is 6.20 Å². The second-order valence-corrected chi connectivity index (χ2v) is 5.64. The number of nitro benzene ring substituents is 1. The Labute approximate surface area is 130 Å². The predicted molar refractivity (Wildman–Crippen MR) is 76.1 cm³/mol. The Morgan fingerprint density at radius 2 is 2.19 bits per heavy atom. The molecule has 0 spiro atoms. The van der Waals surface area contributed by atoms with Gasteiger partial charge in [-0.1, -0.05) is 11.8 Å². The van der Waals surface area contributed by atoms with Crippen LogP contribution >= 0.6 is 27.7 Å². The molecule has 0 amide bonds. The second kappa shape index (κ2) is 6.19. The van der Waals surface area contributed by atoms with E-state index in [9.17, 15) is 19.3 Å². The minimum Gasteiger partial charge on any atom is -0.478 e. The van der Waals surface area contributed by atoms with Crippen LogP contribution in [0.25, 0.3) is 0 Å². The third-order valence-electron chi connectivity index (χ3n) is 2.41. The standard InChI is InChI=1S/C12H6BrFN2O4S/c13-7-4-10(9(16(19)20)5-8(7)14)21-11-6(12(17)18)2-1-3-15-11/h1-5H,(H,17,18). The molecular weight excluding hydrogens is 367 g/mol. The molecule has 9 heteroatoms. The number of carbonyl (C=O) groups is 1. The highest BCUT2D eigenvalue weighted by Gasteiger charge is 2.21. The minimum atomic E-state index is -1.20. The maximum absolute atomic E-state index is 13.4. The maximum Gasteiger partial charge on any atom is 0.338 e. The summed E-state index contributed by atoms with van der Waals surface area (Å²) in [7, 11) is 0. The fourth-order valence-electron chi connectivity index (χ4n) is 1.48. The molecule has 6 nitrogen and oxygen atoms in total. The number of benzene rings is 1. The molecule has 0 unspecified atom stereocenters. The number of halogens is 2. The van der Waals surface area contributed by atoms with Crippen LogP contribution in [0.15, 0.2) is 44.9 Å². The van der Waals surface area contributed by atoms with E-state index in [1.54, 1.807) is 0 Å². The van der Waals surface area contributed by atoms with Crippen molar-refractivity contribution in [1.29, 1.82) is 0 Å². The topological polar surface area (TPSA) is 93.3 Å². The van der Waals surface area contributed by atoms with E-state index in [0.717, 1.165) is 17.8 Å². The van der Waals surface area contributed by atoms with E-state index in [2.05, 4.69) is 20.9 Å². The van der Waals surface area contributed by atoms with Crippen molar-refractivity contribution in [2.45, 2.75) is 9.92 Å². The number of hydrogen-bond acceptors (Lipinski definition) is 5. The highest BCUT2D eigenvalue weighted by Crippen LogP contribution is 2.38. The first-order chi connectivity index (χ1) is 9.90. The van der Waals surface area contributed by atoms with Gasteiger partial charge in [0.1, 0.15) is 10.8 Å². The van der Waals surface area contributed by atoms with Crippen molar-refractivity contribution in [1.82, 2.24) is 4.98 Å². The number of pyridine rings is 1. The third-order valence-corrected chi connectivity index (χ3v) is 4.08. The van der Waals surface area contributed by atoms with Gasteiger partial charge in [-0.05, 0) is 34.1 Å². The van der Waals surface area contributed by atoms with Gasteiger partial charge in [0.2, 0.25) is 0 Å². The molecule has 1 heterocycles. The Kier molecular flexibility index (Phi) is 4.53. The maximum atomic E-state index is 13.4. The molecule has 0 fully saturated rings. The highest BCUT2D eigenvalue weighted by molar-refractivity contribution is 9.10. The first-order valence-corrected chi connectivity index (χ1v) is 7.00. The SMILES string of the molecule is O=C(O)c1cccnc1Sc1cc(Br)c(F)cc1[N+](=O)[O-]. The summed E-state index contributed by atoms with van der Waals surface area (Å²) in [6.45, 7) is 0. The van der Waals surface area contributed by atoms with Gasteiger partial charge in [-0.15, -0.1) is 0 Å². The molecule has 0 saturated carbocycles. The summed E-state index contributed by atoms with van der Waals surface area (Å²) in [6.07, 6.45) is 1.37. The molecule has 1 N–H and O–H groups in total. The summed E-state index contributed by atoms with van der Waals surface area (Å²) in [5, 5.41) is 20.1. The lowest BCUT2D eigenvalue weighted by molar-refractivity contribution is -0.387. The molecule has 108 valence electrons. The number of rotatable bonds is 4. The molecular formula is C12H6BrFN2O4S. The molecule has 21 heavy (non-hydrogen) atoms. The van der Waals surface area contributed by atoms with E-state index < -0.39 is 22.4 Å². The average Bonchev–Trinajstić information content (AvgIpc) is 2.42. The molecule has 0 radical (unpaired) electrons. The largest absolute Gasteiger partial charge is 0.478 e. The van der Waals surface area contributed by atoms with E-state index in [4.69, 9.17) is 5.11 Å². The highest BCUT2D eigenvalue weighted by atomic mass is 79.9. The van der Waals surface area contributed by atoms with Crippen LogP contribution in [0.4, 0.5) is 10.1 Å². The van der Waals surface area contributed by atoms with Crippen LogP contribution < -0.4 is 0 Å². The summed E-state index contributed by atoms with van der Waals surface area (Å²) in [5.74, 6) is -1.97. The zero-order valence-electron chi connectivity index (χ0n) is 10.1. The first-order valence-electron chi connectivity index (χ1n) is 5.39. The average molecular weight is 373 g/mol. The Hall–Kier alpha value is -2.00. The van der Waals surface area contributed by atoms with Gasteiger partial charge in [-0.3, -0.25) is 10.1 Å². The van der Waals surface area contributed by atoms with Gasteiger partial charge < -0.3 is 5.11 Å². The van der Waals surface area contributed by atoms with Crippen molar-refractivity contribution in [3.05, 3.63) is 56.4 Å². The normalized spacial score (nSPS) is 10.4. The first kappa shape index (κ1) is 15.4. The van der Waals surface area contributed by atoms with Crippen LogP contribution in [0, 0.1) is 15.9 Å². The van der Waals surface area contributed by atoms with Crippen molar-refractivity contribution in [2.24, 2.45) is 0 Å². The predicted octanol–water partition coefficient (Wildman–Crippen LogP) is 3.74.